The average Bonchev–Trinajstić information content (AvgIpc) is 2.86. The van der Waals surface area contributed by atoms with Gasteiger partial charge in [0.25, 0.3) is 0 Å². The summed E-state index contributed by atoms with van der Waals surface area (Å²) in [7, 11) is 0. The summed E-state index contributed by atoms with van der Waals surface area (Å²) in [5, 5.41) is 0. The van der Waals surface area contributed by atoms with Gasteiger partial charge in [0.1, 0.15) is 5.78 Å². The molecule has 0 aromatic rings. The summed E-state index contributed by atoms with van der Waals surface area (Å²) in [6.45, 7) is 1.82. The van der Waals surface area contributed by atoms with Crippen LogP contribution in [0.4, 0.5) is 0 Å². The van der Waals surface area contributed by atoms with Gasteiger partial charge < -0.3 is 4.74 Å². The number of hydrogen-bond donors (Lipinski definition) is 0. The van der Waals surface area contributed by atoms with Crippen molar-refractivity contribution in [3.05, 3.63) is 0 Å². The zero-order valence-corrected chi connectivity index (χ0v) is 7.99. The molecule has 3 atom stereocenters. The van der Waals surface area contributed by atoms with E-state index in [9.17, 15) is 14.4 Å². The summed E-state index contributed by atoms with van der Waals surface area (Å²) in [4.78, 5) is 34.0. The SMILES string of the molecule is CCOC(=O)C(=O)C1C[C@H]2C[C@H]2C1=O.[KH]. The van der Waals surface area contributed by atoms with Crippen LogP contribution in [-0.2, 0) is 19.1 Å². The summed E-state index contributed by atoms with van der Waals surface area (Å²) in [5.41, 5.74) is 0. The van der Waals surface area contributed by atoms with Crippen LogP contribution in [0.15, 0.2) is 0 Å². The first-order valence-corrected chi connectivity index (χ1v) is 4.89. The standard InChI is InChI=1S/C10H12O4.K.H/c1-2-14-10(13)9(12)7-4-5-3-6(5)8(7)11;;/h5-7H,2-4H2,1H3;;/t5-,6-,7?;;/m1../s1. The number of ketones is 2. The molecule has 1 unspecified atom stereocenters. The zero-order chi connectivity index (χ0) is 10.3. The second-order valence-corrected chi connectivity index (χ2v) is 3.88. The van der Waals surface area contributed by atoms with Crippen molar-refractivity contribution in [2.45, 2.75) is 19.8 Å². The molecule has 5 heteroatoms. The first-order chi connectivity index (χ1) is 6.65. The van der Waals surface area contributed by atoms with Gasteiger partial charge in [-0.1, -0.05) is 0 Å². The van der Waals surface area contributed by atoms with Gasteiger partial charge in [0.15, 0.2) is 0 Å². The van der Waals surface area contributed by atoms with Crippen molar-refractivity contribution in [1.29, 1.82) is 0 Å². The second kappa shape index (κ2) is 5.18. The zero-order valence-electron chi connectivity index (χ0n) is 7.99. The number of rotatable bonds is 3. The molecular weight excluding hydrogens is 223 g/mol. The molecule has 0 heterocycles. The molecule has 0 bridgehead atoms. The number of fused-ring (bicyclic) bond motifs is 1. The van der Waals surface area contributed by atoms with E-state index < -0.39 is 17.7 Å². The van der Waals surface area contributed by atoms with Gasteiger partial charge in [0.05, 0.1) is 12.5 Å². The Balaban J connectivity index is 0.00000112. The molecule has 0 saturated heterocycles. The third-order valence-electron chi connectivity index (χ3n) is 2.96. The molecule has 2 rings (SSSR count). The molecule has 4 nitrogen and oxygen atoms in total. The molecule has 0 spiro atoms. The first-order valence-electron chi connectivity index (χ1n) is 4.89. The second-order valence-electron chi connectivity index (χ2n) is 3.88. The monoisotopic (exact) mass is 236 g/mol. The Bertz CT molecular complexity index is 313. The van der Waals surface area contributed by atoms with Crippen molar-refractivity contribution >= 4 is 68.9 Å². The molecule has 78 valence electrons. The Morgan fingerprint density at radius 2 is 2.07 bits per heavy atom. The number of esters is 1. The number of ether oxygens (including phenoxy) is 1. The van der Waals surface area contributed by atoms with Crippen LogP contribution in [0.1, 0.15) is 19.8 Å². The van der Waals surface area contributed by atoms with Crippen LogP contribution >= 0.6 is 0 Å². The third kappa shape index (κ3) is 2.58. The summed E-state index contributed by atoms with van der Waals surface area (Å²) < 4.78 is 4.57. The topological polar surface area (TPSA) is 60.4 Å². The average molecular weight is 236 g/mol. The Hall–Kier alpha value is 0.446. The Labute approximate surface area is 131 Å². The first kappa shape index (κ1) is 13.5. The number of Topliss-reactive ketones (excluding diaryl/α,β-unsaturated/α-hetero) is 2. The van der Waals surface area contributed by atoms with Crippen LogP contribution in [-0.4, -0.2) is 75.5 Å². The minimum atomic E-state index is -0.854. The number of carbonyl (C=O) groups excluding carboxylic acids is 3. The molecule has 0 radical (unpaired) electrons. The maximum absolute atomic E-state index is 11.5. The van der Waals surface area contributed by atoms with Gasteiger partial charge in [0.2, 0.25) is 5.78 Å². The van der Waals surface area contributed by atoms with Crippen molar-refractivity contribution in [3.63, 3.8) is 0 Å². The van der Waals surface area contributed by atoms with Crippen LogP contribution in [0, 0.1) is 17.8 Å². The fourth-order valence-electron chi connectivity index (χ4n) is 2.11. The van der Waals surface area contributed by atoms with Gasteiger partial charge in [-0.05, 0) is 25.7 Å². The van der Waals surface area contributed by atoms with Crippen molar-refractivity contribution in [2.24, 2.45) is 17.8 Å². The van der Waals surface area contributed by atoms with Crippen molar-refractivity contribution in [3.8, 4) is 0 Å². The molecule has 0 N–H and O–H groups in total. The molecular formula is C10H13KO4. The molecule has 2 saturated carbocycles. The van der Waals surface area contributed by atoms with E-state index in [1.54, 1.807) is 6.92 Å². The Kier molecular flexibility index (Phi) is 4.67. The van der Waals surface area contributed by atoms with Crippen LogP contribution in [0.2, 0.25) is 0 Å². The van der Waals surface area contributed by atoms with E-state index in [2.05, 4.69) is 4.74 Å². The Morgan fingerprint density at radius 1 is 1.40 bits per heavy atom. The number of hydrogen-bond acceptors (Lipinski definition) is 4. The fraction of sp³-hybridized carbons (Fsp3) is 0.700. The van der Waals surface area contributed by atoms with E-state index in [0.717, 1.165) is 6.42 Å². The maximum atomic E-state index is 11.5. The van der Waals surface area contributed by atoms with Crippen LogP contribution in [0.3, 0.4) is 0 Å². The van der Waals surface area contributed by atoms with Crippen molar-refractivity contribution < 1.29 is 19.1 Å². The van der Waals surface area contributed by atoms with Gasteiger partial charge in [-0.15, -0.1) is 0 Å². The van der Waals surface area contributed by atoms with Crippen molar-refractivity contribution in [1.82, 2.24) is 0 Å². The minimum absolute atomic E-state index is 0. The predicted molar refractivity (Wildman–Crippen MR) is 53.5 cm³/mol. The summed E-state index contributed by atoms with van der Waals surface area (Å²) >= 11 is 0. The summed E-state index contributed by atoms with van der Waals surface area (Å²) in [6, 6.07) is 0. The molecule has 2 fully saturated rings. The van der Waals surface area contributed by atoms with Gasteiger partial charge in [0, 0.05) is 5.92 Å². The normalized spacial score (nSPS) is 31.5. The third-order valence-corrected chi connectivity index (χ3v) is 2.96. The van der Waals surface area contributed by atoms with E-state index >= 15 is 0 Å². The van der Waals surface area contributed by atoms with Gasteiger partial charge in [-0.3, -0.25) is 9.59 Å². The van der Waals surface area contributed by atoms with Crippen LogP contribution in [0.5, 0.6) is 0 Å². The van der Waals surface area contributed by atoms with E-state index in [-0.39, 0.29) is 69.7 Å². The molecule has 2 aliphatic carbocycles. The van der Waals surface area contributed by atoms with Crippen LogP contribution < -0.4 is 0 Å². The fourth-order valence-corrected chi connectivity index (χ4v) is 2.11. The van der Waals surface area contributed by atoms with E-state index in [4.69, 9.17) is 0 Å². The van der Waals surface area contributed by atoms with Gasteiger partial charge in [-0.25, -0.2) is 4.79 Å². The molecule has 0 aliphatic heterocycles. The molecule has 0 aromatic heterocycles. The van der Waals surface area contributed by atoms with Crippen LogP contribution in [0.25, 0.3) is 0 Å². The number of carbonyl (C=O) groups is 3. The van der Waals surface area contributed by atoms with E-state index in [1.807, 2.05) is 0 Å². The molecule has 15 heavy (non-hydrogen) atoms. The molecule has 0 amide bonds. The van der Waals surface area contributed by atoms with Gasteiger partial charge in [-0.2, -0.15) is 0 Å². The molecule has 0 aromatic carbocycles. The van der Waals surface area contributed by atoms with E-state index in [0.29, 0.717) is 12.3 Å². The summed E-state index contributed by atoms with van der Waals surface area (Å²) in [6.07, 6.45) is 1.46. The van der Waals surface area contributed by atoms with Gasteiger partial charge >= 0.3 is 57.4 Å². The Morgan fingerprint density at radius 3 is 2.53 bits per heavy atom. The van der Waals surface area contributed by atoms with Crippen molar-refractivity contribution in [2.75, 3.05) is 6.61 Å². The molecule has 2 aliphatic rings. The summed E-state index contributed by atoms with van der Waals surface area (Å²) in [5.74, 6) is -1.81. The predicted octanol–water partition coefficient (Wildman–Crippen LogP) is -0.305. The quantitative estimate of drug-likeness (QED) is 0.292. The van der Waals surface area contributed by atoms with E-state index in [1.165, 1.54) is 0 Å².